The summed E-state index contributed by atoms with van der Waals surface area (Å²) in [6.07, 6.45) is 2.64. The van der Waals surface area contributed by atoms with Gasteiger partial charge in [0, 0.05) is 18.4 Å². The number of rotatable bonds is 4. The maximum absolute atomic E-state index is 12.2. The van der Waals surface area contributed by atoms with Crippen LogP contribution in [0.15, 0.2) is 42.6 Å². The van der Waals surface area contributed by atoms with Gasteiger partial charge in [0.15, 0.2) is 0 Å². The summed E-state index contributed by atoms with van der Waals surface area (Å²) in [4.78, 5) is 29.9. The highest BCUT2D eigenvalue weighted by molar-refractivity contribution is 5.95. The molecule has 1 aromatic carbocycles. The quantitative estimate of drug-likeness (QED) is 0.873. The van der Waals surface area contributed by atoms with Gasteiger partial charge in [-0.3, -0.25) is 4.79 Å². The highest BCUT2D eigenvalue weighted by Gasteiger charge is 2.21. The normalized spacial score (nSPS) is 12.7. The summed E-state index contributed by atoms with van der Waals surface area (Å²) >= 11 is 0. The van der Waals surface area contributed by atoms with Gasteiger partial charge in [0.2, 0.25) is 5.91 Å². The molecule has 2 heterocycles. The van der Waals surface area contributed by atoms with Gasteiger partial charge in [-0.15, -0.1) is 0 Å². The number of carbonyl (C=O) groups excluding carboxylic acids is 2. The van der Waals surface area contributed by atoms with Crippen molar-refractivity contribution in [1.82, 2.24) is 4.98 Å². The van der Waals surface area contributed by atoms with E-state index in [1.165, 1.54) is 12.7 Å². The molecule has 1 aliphatic heterocycles. The van der Waals surface area contributed by atoms with E-state index in [9.17, 15) is 9.59 Å². The van der Waals surface area contributed by atoms with Gasteiger partial charge in [0.05, 0.1) is 19.2 Å². The summed E-state index contributed by atoms with van der Waals surface area (Å²) in [5.74, 6) is 0.362. The predicted molar refractivity (Wildman–Crippen MR) is 86.6 cm³/mol. The number of esters is 1. The molecule has 0 fully saturated rings. The molecule has 0 radical (unpaired) electrons. The van der Waals surface area contributed by atoms with Gasteiger partial charge in [-0.1, -0.05) is 6.07 Å². The number of carbonyl (C=O) groups is 2. The number of nitrogens with one attached hydrogen (secondary N) is 1. The summed E-state index contributed by atoms with van der Waals surface area (Å²) in [5.41, 5.74) is 2.26. The maximum atomic E-state index is 12.2. The van der Waals surface area contributed by atoms with Gasteiger partial charge in [-0.25, -0.2) is 9.78 Å². The Kier molecular flexibility index (Phi) is 4.23. The van der Waals surface area contributed by atoms with Crippen LogP contribution >= 0.6 is 0 Å². The third-order valence-electron chi connectivity index (χ3n) is 3.74. The first-order chi connectivity index (χ1) is 11.2. The number of hydrogen-bond donors (Lipinski definition) is 1. The van der Waals surface area contributed by atoms with Gasteiger partial charge in [0.25, 0.3) is 0 Å². The second-order valence-electron chi connectivity index (χ2n) is 5.27. The first-order valence-corrected chi connectivity index (χ1v) is 7.34. The Labute approximate surface area is 134 Å². The minimum atomic E-state index is -0.400. The van der Waals surface area contributed by atoms with Crippen molar-refractivity contribution in [3.8, 4) is 0 Å². The minimum absolute atomic E-state index is 0.116. The summed E-state index contributed by atoms with van der Waals surface area (Å²) < 4.78 is 4.64. The monoisotopic (exact) mass is 311 g/mol. The van der Waals surface area contributed by atoms with E-state index in [1.54, 1.807) is 30.5 Å². The number of benzene rings is 1. The van der Waals surface area contributed by atoms with Crippen molar-refractivity contribution in [2.24, 2.45) is 0 Å². The second-order valence-corrected chi connectivity index (χ2v) is 5.27. The largest absolute Gasteiger partial charge is 0.465 e. The lowest BCUT2D eigenvalue weighted by atomic mass is 10.2. The lowest BCUT2D eigenvalue weighted by molar-refractivity contribution is -0.115. The van der Waals surface area contributed by atoms with E-state index in [2.05, 4.69) is 15.0 Å². The summed E-state index contributed by atoms with van der Waals surface area (Å²) in [5, 5.41) is 2.82. The molecule has 0 aliphatic carbocycles. The van der Waals surface area contributed by atoms with E-state index in [0.717, 1.165) is 18.8 Å². The molecule has 1 N–H and O–H groups in total. The van der Waals surface area contributed by atoms with Crippen LogP contribution in [0.3, 0.4) is 0 Å². The molecule has 0 saturated heterocycles. The molecule has 23 heavy (non-hydrogen) atoms. The first-order valence-electron chi connectivity index (χ1n) is 7.34. The van der Waals surface area contributed by atoms with Gasteiger partial charge >= 0.3 is 5.97 Å². The fourth-order valence-electron chi connectivity index (χ4n) is 2.61. The number of nitrogens with zero attached hydrogens (tertiary/aromatic N) is 2. The molecule has 0 saturated carbocycles. The third kappa shape index (κ3) is 3.31. The molecule has 2 aromatic rings. The van der Waals surface area contributed by atoms with E-state index in [4.69, 9.17) is 0 Å². The number of aromatic nitrogens is 1. The van der Waals surface area contributed by atoms with Crippen molar-refractivity contribution in [2.45, 2.75) is 6.42 Å². The smallest absolute Gasteiger partial charge is 0.337 e. The lowest BCUT2D eigenvalue weighted by Crippen LogP contribution is -2.32. The van der Waals surface area contributed by atoms with Crippen molar-refractivity contribution in [1.29, 1.82) is 0 Å². The third-order valence-corrected chi connectivity index (χ3v) is 3.74. The van der Waals surface area contributed by atoms with Crippen LogP contribution in [0.1, 0.15) is 15.9 Å². The zero-order chi connectivity index (χ0) is 16.2. The molecule has 6 nitrogen and oxygen atoms in total. The predicted octanol–water partition coefficient (Wildman–Crippen LogP) is 1.87. The van der Waals surface area contributed by atoms with Gasteiger partial charge < -0.3 is 15.0 Å². The van der Waals surface area contributed by atoms with E-state index in [1.807, 2.05) is 17.0 Å². The number of ether oxygens (including phenoxy) is 1. The Bertz CT molecular complexity index is 728. The van der Waals surface area contributed by atoms with Crippen LogP contribution in [0.4, 0.5) is 11.5 Å². The van der Waals surface area contributed by atoms with Crippen LogP contribution in [0.5, 0.6) is 0 Å². The summed E-state index contributed by atoms with van der Waals surface area (Å²) in [7, 11) is 1.33. The summed E-state index contributed by atoms with van der Waals surface area (Å²) in [6, 6.07) is 10.5. The Morgan fingerprint density at radius 1 is 1.26 bits per heavy atom. The molecule has 3 rings (SSSR count). The molecule has 1 amide bonds. The van der Waals surface area contributed by atoms with Gasteiger partial charge in [0.1, 0.15) is 5.82 Å². The second kappa shape index (κ2) is 6.48. The van der Waals surface area contributed by atoms with Gasteiger partial charge in [-0.05, 0) is 42.3 Å². The highest BCUT2D eigenvalue weighted by atomic mass is 16.5. The highest BCUT2D eigenvalue weighted by Crippen LogP contribution is 2.24. The van der Waals surface area contributed by atoms with Crippen LogP contribution in [0, 0.1) is 0 Å². The lowest BCUT2D eigenvalue weighted by Gasteiger charge is -2.17. The Morgan fingerprint density at radius 2 is 2.04 bits per heavy atom. The maximum Gasteiger partial charge on any atom is 0.337 e. The van der Waals surface area contributed by atoms with Crippen LogP contribution in [-0.2, 0) is 16.0 Å². The Hall–Kier alpha value is -2.89. The molecule has 118 valence electrons. The van der Waals surface area contributed by atoms with Crippen molar-refractivity contribution in [3.63, 3.8) is 0 Å². The van der Waals surface area contributed by atoms with E-state index in [-0.39, 0.29) is 12.5 Å². The van der Waals surface area contributed by atoms with Crippen molar-refractivity contribution in [3.05, 3.63) is 53.7 Å². The number of methoxy groups -OCH3 is 1. The molecule has 0 atom stereocenters. The zero-order valence-electron chi connectivity index (χ0n) is 12.8. The molecule has 0 bridgehead atoms. The molecular weight excluding hydrogens is 294 g/mol. The van der Waals surface area contributed by atoms with Crippen molar-refractivity contribution < 1.29 is 14.3 Å². The number of anilines is 2. The molecule has 6 heteroatoms. The van der Waals surface area contributed by atoms with Crippen molar-refractivity contribution >= 4 is 23.4 Å². The zero-order valence-corrected chi connectivity index (χ0v) is 12.8. The molecular formula is C17H17N3O3. The van der Waals surface area contributed by atoms with Crippen LogP contribution in [0.25, 0.3) is 0 Å². The number of hydrogen-bond acceptors (Lipinski definition) is 5. The standard InChI is InChI=1S/C17H17N3O3/c1-23-17(22)13-4-6-14(7-5-13)19-15(21)11-20-10-8-12-3-2-9-18-16(12)20/h2-7,9H,8,10-11H2,1H3,(H,19,21). The first kappa shape index (κ1) is 15.0. The topological polar surface area (TPSA) is 71.5 Å². The Balaban J connectivity index is 1.61. The minimum Gasteiger partial charge on any atom is -0.465 e. The van der Waals surface area contributed by atoms with Crippen LogP contribution < -0.4 is 10.2 Å². The average Bonchev–Trinajstić information content (AvgIpc) is 2.98. The van der Waals surface area contributed by atoms with E-state index < -0.39 is 5.97 Å². The van der Waals surface area contributed by atoms with Gasteiger partial charge in [-0.2, -0.15) is 0 Å². The molecule has 1 aliphatic rings. The SMILES string of the molecule is COC(=O)c1ccc(NC(=O)CN2CCc3cccnc32)cc1. The fourth-order valence-corrected chi connectivity index (χ4v) is 2.61. The number of fused-ring (bicyclic) bond motifs is 1. The molecule has 0 unspecified atom stereocenters. The summed E-state index contributed by atoms with van der Waals surface area (Å²) in [6.45, 7) is 1.05. The van der Waals surface area contributed by atoms with E-state index >= 15 is 0 Å². The molecule has 0 spiro atoms. The van der Waals surface area contributed by atoms with Crippen molar-refractivity contribution in [2.75, 3.05) is 30.4 Å². The van der Waals surface area contributed by atoms with Crippen LogP contribution in [0.2, 0.25) is 0 Å². The van der Waals surface area contributed by atoms with E-state index in [0.29, 0.717) is 11.3 Å². The molecule has 1 aromatic heterocycles. The average molecular weight is 311 g/mol. The number of amides is 1. The fraction of sp³-hybridized carbons (Fsp3) is 0.235. The Morgan fingerprint density at radius 3 is 2.78 bits per heavy atom. The van der Waals surface area contributed by atoms with Crippen LogP contribution in [-0.4, -0.2) is 37.1 Å². The number of pyridine rings is 1.